The zero-order chi connectivity index (χ0) is 27.1. The molecule has 2 heterocycles. The largest absolute Gasteiger partial charge is 0.488 e. The minimum absolute atomic E-state index is 0.0238. The normalized spacial score (nSPS) is 12.4. The second-order valence-corrected chi connectivity index (χ2v) is 10.6. The Morgan fingerprint density at radius 3 is 2.63 bits per heavy atom. The van der Waals surface area contributed by atoms with Crippen molar-refractivity contribution in [2.45, 2.75) is 25.3 Å². The van der Waals surface area contributed by atoms with E-state index in [1.165, 1.54) is 17.7 Å². The van der Waals surface area contributed by atoms with Crippen molar-refractivity contribution in [1.82, 2.24) is 19.7 Å². The molecule has 11 nitrogen and oxygen atoms in total. The van der Waals surface area contributed by atoms with Gasteiger partial charge in [0.15, 0.2) is 5.13 Å². The van der Waals surface area contributed by atoms with E-state index in [1.807, 2.05) is 5.38 Å². The van der Waals surface area contributed by atoms with E-state index in [4.69, 9.17) is 14.2 Å². The van der Waals surface area contributed by atoms with Crippen LogP contribution in [0.5, 0.6) is 5.75 Å². The quantitative estimate of drug-likeness (QED) is 0.215. The van der Waals surface area contributed by atoms with Gasteiger partial charge in [0, 0.05) is 23.0 Å². The number of rotatable bonds is 10. The monoisotopic (exact) mass is 555 g/mol. The first-order valence-corrected chi connectivity index (χ1v) is 14.1. The van der Waals surface area contributed by atoms with Crippen molar-refractivity contribution >= 4 is 60.8 Å². The molecule has 198 valence electrons. The summed E-state index contributed by atoms with van der Waals surface area (Å²) in [7, 11) is -3.15. The van der Waals surface area contributed by atoms with Crippen molar-refractivity contribution in [1.29, 1.82) is 0 Å². The number of esters is 1. The van der Waals surface area contributed by atoms with Crippen LogP contribution < -0.4 is 14.8 Å². The second-order valence-electron chi connectivity index (χ2n) is 7.70. The van der Waals surface area contributed by atoms with E-state index in [0.717, 1.165) is 0 Å². The van der Waals surface area contributed by atoms with Gasteiger partial charge in [-0.3, -0.25) is 0 Å². The van der Waals surface area contributed by atoms with Crippen LogP contribution in [0.2, 0.25) is 0 Å². The standard InChI is InChI=1S/C25H25N5O6S2/c1-4-34-23(31)19-12-18-20(27-15-28-22(18)29-24-26-9-10-37-24)13-21(19)36-14-16-7-6-8-17(11-16)38(3,33)30-25(32)35-5-2/h6-13,15H,3-5,14H2,1-2H3,(H,30,32,33)(H,26,27,28,29). The third-order valence-electron chi connectivity index (χ3n) is 5.09. The number of fused-ring (bicyclic) bond motifs is 1. The highest BCUT2D eigenvalue weighted by Gasteiger charge is 2.19. The molecule has 0 fully saturated rings. The van der Waals surface area contributed by atoms with Gasteiger partial charge in [-0.15, -0.1) is 11.3 Å². The molecule has 0 aliphatic heterocycles. The molecule has 0 radical (unpaired) electrons. The van der Waals surface area contributed by atoms with Crippen molar-refractivity contribution in [3.05, 3.63) is 65.4 Å². The Morgan fingerprint density at radius 2 is 1.89 bits per heavy atom. The van der Waals surface area contributed by atoms with Gasteiger partial charge in [-0.25, -0.2) is 33.5 Å². The highest BCUT2D eigenvalue weighted by Crippen LogP contribution is 2.31. The Bertz CT molecular complexity index is 1560. The summed E-state index contributed by atoms with van der Waals surface area (Å²) in [4.78, 5) is 37.7. The summed E-state index contributed by atoms with van der Waals surface area (Å²) in [5.74, 6) is 3.80. The van der Waals surface area contributed by atoms with Crippen LogP contribution in [0.15, 0.2) is 59.2 Å². The lowest BCUT2D eigenvalue weighted by atomic mass is 10.1. The van der Waals surface area contributed by atoms with Crippen molar-refractivity contribution in [2.24, 2.45) is 0 Å². The average Bonchev–Trinajstić information content (AvgIpc) is 3.40. The molecule has 38 heavy (non-hydrogen) atoms. The van der Waals surface area contributed by atoms with Gasteiger partial charge in [-0.2, -0.15) is 0 Å². The molecular formula is C25H25N5O6S2. The van der Waals surface area contributed by atoms with E-state index in [-0.39, 0.29) is 31.1 Å². The van der Waals surface area contributed by atoms with Gasteiger partial charge < -0.3 is 19.5 Å². The molecular weight excluding hydrogens is 530 g/mol. The van der Waals surface area contributed by atoms with Gasteiger partial charge in [-0.1, -0.05) is 12.1 Å². The molecule has 13 heteroatoms. The summed E-state index contributed by atoms with van der Waals surface area (Å²) in [5.41, 5.74) is 1.36. The summed E-state index contributed by atoms with van der Waals surface area (Å²) < 4.78 is 31.3. The molecule has 2 aromatic heterocycles. The first-order chi connectivity index (χ1) is 18.3. The predicted molar refractivity (Wildman–Crippen MR) is 145 cm³/mol. The number of amides is 1. The highest BCUT2D eigenvalue weighted by atomic mass is 32.2. The maximum absolute atomic E-state index is 13.0. The molecule has 0 saturated heterocycles. The molecule has 1 atom stereocenters. The third kappa shape index (κ3) is 6.36. The topological polar surface area (TPSA) is 142 Å². The molecule has 0 aliphatic rings. The van der Waals surface area contributed by atoms with E-state index in [9.17, 15) is 13.8 Å². The Hall–Kier alpha value is -4.23. The zero-order valence-corrected chi connectivity index (χ0v) is 22.3. The number of nitrogens with one attached hydrogen (secondary N) is 2. The fourth-order valence-corrected chi connectivity index (χ4v) is 5.03. The van der Waals surface area contributed by atoms with E-state index in [0.29, 0.717) is 32.3 Å². The smallest absolute Gasteiger partial charge is 0.418 e. The van der Waals surface area contributed by atoms with Gasteiger partial charge in [0.25, 0.3) is 0 Å². The molecule has 2 N–H and O–H groups in total. The van der Waals surface area contributed by atoms with Gasteiger partial charge in [0.2, 0.25) is 0 Å². The number of ether oxygens (including phenoxy) is 3. The number of benzene rings is 2. The average molecular weight is 556 g/mol. The number of hydrogen-bond donors (Lipinski definition) is 2. The minimum Gasteiger partial charge on any atom is -0.488 e. The van der Waals surface area contributed by atoms with Crippen LogP contribution in [0.3, 0.4) is 0 Å². The van der Waals surface area contributed by atoms with Crippen LogP contribution in [0.25, 0.3) is 10.9 Å². The number of anilines is 2. The summed E-state index contributed by atoms with van der Waals surface area (Å²) in [6.45, 7) is 3.70. The maximum Gasteiger partial charge on any atom is 0.418 e. The molecule has 1 amide bonds. The summed E-state index contributed by atoms with van der Waals surface area (Å²) in [6.07, 6.45) is 2.24. The van der Waals surface area contributed by atoms with Crippen LogP contribution in [0, 0.1) is 0 Å². The van der Waals surface area contributed by atoms with Crippen molar-refractivity contribution in [2.75, 3.05) is 18.5 Å². The van der Waals surface area contributed by atoms with Crippen LogP contribution in [0.4, 0.5) is 15.7 Å². The van der Waals surface area contributed by atoms with Gasteiger partial charge in [0.1, 0.15) is 30.1 Å². The molecule has 1 unspecified atom stereocenters. The van der Waals surface area contributed by atoms with Gasteiger partial charge >= 0.3 is 12.1 Å². The molecule has 2 aromatic carbocycles. The lowest BCUT2D eigenvalue weighted by Crippen LogP contribution is -2.31. The van der Waals surface area contributed by atoms with Crippen LogP contribution >= 0.6 is 11.3 Å². The van der Waals surface area contributed by atoms with Crippen LogP contribution in [0.1, 0.15) is 29.8 Å². The number of aromatic nitrogens is 3. The van der Waals surface area contributed by atoms with Gasteiger partial charge in [-0.05, 0) is 43.5 Å². The molecule has 0 saturated carbocycles. The summed E-state index contributed by atoms with van der Waals surface area (Å²) in [5, 5.41) is 6.19. The van der Waals surface area contributed by atoms with Crippen molar-refractivity contribution in [3.8, 4) is 5.75 Å². The van der Waals surface area contributed by atoms with E-state index in [2.05, 4.69) is 30.9 Å². The van der Waals surface area contributed by atoms with E-state index in [1.54, 1.807) is 56.4 Å². The number of carbonyl (C=O) groups is 2. The lowest BCUT2D eigenvalue weighted by molar-refractivity contribution is 0.0521. The number of hydrogen-bond acceptors (Lipinski definition) is 11. The Labute approximate surface area is 223 Å². The predicted octanol–water partition coefficient (Wildman–Crippen LogP) is 4.32. The van der Waals surface area contributed by atoms with Crippen molar-refractivity contribution in [3.63, 3.8) is 0 Å². The Kier molecular flexibility index (Phi) is 8.38. The lowest BCUT2D eigenvalue weighted by Gasteiger charge is -2.15. The van der Waals surface area contributed by atoms with Gasteiger partial charge in [0.05, 0.1) is 33.3 Å². The second kappa shape index (κ2) is 11.9. The number of nitrogens with zero attached hydrogens (tertiary/aromatic N) is 3. The molecule has 4 aromatic rings. The molecule has 0 aliphatic carbocycles. The Morgan fingerprint density at radius 1 is 1.08 bits per heavy atom. The molecule has 0 bridgehead atoms. The maximum atomic E-state index is 13.0. The fourth-order valence-electron chi connectivity index (χ4n) is 3.41. The zero-order valence-electron chi connectivity index (χ0n) is 20.6. The number of carbonyl (C=O) groups excluding carboxylic acids is 2. The van der Waals surface area contributed by atoms with Crippen LogP contribution in [-0.2, 0) is 25.8 Å². The first kappa shape index (κ1) is 26.8. The minimum atomic E-state index is -3.15. The van der Waals surface area contributed by atoms with E-state index < -0.39 is 21.8 Å². The highest BCUT2D eigenvalue weighted by molar-refractivity contribution is 7.99. The first-order valence-electron chi connectivity index (χ1n) is 11.5. The van der Waals surface area contributed by atoms with Crippen molar-refractivity contribution < 1.29 is 28.0 Å². The molecule has 4 rings (SSSR count). The fraction of sp³-hybridized carbons (Fsp3) is 0.200. The SMILES string of the molecule is C=S(=O)(NC(=O)OCC)c1cccc(COc2cc3ncnc(Nc4nccs4)c3cc2C(=O)OCC)c1. The third-order valence-corrected chi connectivity index (χ3v) is 7.29. The summed E-state index contributed by atoms with van der Waals surface area (Å²) in [6, 6.07) is 9.85. The summed E-state index contributed by atoms with van der Waals surface area (Å²) >= 11 is 1.41. The number of thiazole rings is 1. The van der Waals surface area contributed by atoms with E-state index >= 15 is 0 Å². The Balaban J connectivity index is 1.63. The van der Waals surface area contributed by atoms with Crippen LogP contribution in [-0.4, -0.2) is 50.3 Å². The molecule has 0 spiro atoms.